The number of methoxy groups -OCH3 is 1. The van der Waals surface area contributed by atoms with Crippen LogP contribution in [-0.4, -0.2) is 43.0 Å². The van der Waals surface area contributed by atoms with E-state index in [0.717, 1.165) is 26.8 Å². The molecule has 2 aromatic rings. The topological polar surface area (TPSA) is 94.7 Å². The molecule has 29 heavy (non-hydrogen) atoms. The van der Waals surface area contributed by atoms with Gasteiger partial charge in [0.25, 0.3) is 0 Å². The molecule has 1 aliphatic rings. The number of thioether (sulfide) groups is 1. The van der Waals surface area contributed by atoms with E-state index in [1.165, 1.54) is 11.8 Å². The lowest BCUT2D eigenvalue weighted by Gasteiger charge is -2.40. The summed E-state index contributed by atoms with van der Waals surface area (Å²) in [7, 11) is 1.58. The van der Waals surface area contributed by atoms with Crippen LogP contribution in [0.25, 0.3) is 0 Å². The first-order valence-corrected chi connectivity index (χ1v) is 11.1. The van der Waals surface area contributed by atoms with Crippen molar-refractivity contribution in [2.75, 3.05) is 26.1 Å². The van der Waals surface area contributed by atoms with Crippen molar-refractivity contribution in [1.82, 2.24) is 4.98 Å². The Kier molecular flexibility index (Phi) is 6.69. The van der Waals surface area contributed by atoms with Crippen LogP contribution < -0.4 is 9.61 Å². The van der Waals surface area contributed by atoms with Crippen LogP contribution in [0.5, 0.6) is 5.75 Å². The van der Waals surface area contributed by atoms with Gasteiger partial charge in [0, 0.05) is 16.5 Å². The zero-order valence-corrected chi connectivity index (χ0v) is 18.1. The molecule has 2 atom stereocenters. The summed E-state index contributed by atoms with van der Waals surface area (Å²) in [6.07, 6.45) is -0.130. The first-order chi connectivity index (χ1) is 13.9. The van der Waals surface area contributed by atoms with Crippen molar-refractivity contribution < 1.29 is 23.8 Å². The monoisotopic (exact) mass is 437 g/mol. The number of hydrogen-bond donors (Lipinski definition) is 1. The molecule has 156 valence electrons. The van der Waals surface area contributed by atoms with E-state index in [1.807, 2.05) is 12.1 Å². The number of fused-ring (bicyclic) bond motifs is 1. The Bertz CT molecular complexity index is 935. The van der Waals surface area contributed by atoms with Crippen LogP contribution >= 0.6 is 23.1 Å². The Morgan fingerprint density at radius 1 is 1.17 bits per heavy atom. The molecule has 7 nitrogen and oxygen atoms in total. The number of nitrogens with one attached hydrogen (secondary N) is 1. The Morgan fingerprint density at radius 3 is 2.48 bits per heavy atom. The molecule has 1 aliphatic heterocycles. The Hall–Kier alpha value is -2.26. The number of carbonyl (C=O) groups excluding carboxylic acids is 2. The largest absolute Gasteiger partial charge is 0.497 e. The number of aromatic nitrogens is 1. The third-order valence-corrected chi connectivity index (χ3v) is 7.17. The fourth-order valence-corrected chi connectivity index (χ4v) is 6.13. The maximum atomic E-state index is 13.2. The molecule has 1 N–H and O–H groups in total. The summed E-state index contributed by atoms with van der Waals surface area (Å²) in [5.41, 5.74) is -0.375. The van der Waals surface area contributed by atoms with Crippen molar-refractivity contribution in [1.29, 1.82) is 0 Å². The van der Waals surface area contributed by atoms with Gasteiger partial charge in [0.15, 0.2) is 0 Å². The third-order valence-electron chi connectivity index (χ3n) is 4.83. The molecule has 2 unspecified atom stereocenters. The lowest BCUT2D eigenvalue weighted by Crippen LogP contribution is -2.45. The maximum absolute atomic E-state index is 13.2. The molecule has 0 amide bonds. The number of carbonyl (C=O) groups is 2. The molecular formula is C20H23NO6S2. The van der Waals surface area contributed by atoms with E-state index < -0.39 is 23.3 Å². The molecule has 2 heterocycles. The SMILES string of the molecule is CCOC(=O)CC1(C(=O)OCC)CSc2[nH]c(=O)sc2C1c1ccc(OC)cc1. The van der Waals surface area contributed by atoms with Crippen LogP contribution in [0.4, 0.5) is 0 Å². The molecule has 0 saturated heterocycles. The molecule has 0 radical (unpaired) electrons. The number of H-pyrrole nitrogens is 1. The van der Waals surface area contributed by atoms with Crippen LogP contribution in [0, 0.1) is 5.41 Å². The van der Waals surface area contributed by atoms with E-state index in [2.05, 4.69) is 4.98 Å². The normalized spacial score (nSPS) is 20.6. The standard InChI is InChI=1S/C20H23NO6S2/c1-4-26-14(22)10-20(18(23)27-5-2)11-28-17-16(29-19(24)21-17)15(20)12-6-8-13(25-3)9-7-12/h6-9,15H,4-5,10-11H2,1-3H3,(H,21,24). The fourth-order valence-electron chi connectivity index (χ4n) is 3.57. The van der Waals surface area contributed by atoms with Crippen LogP contribution in [0.2, 0.25) is 0 Å². The van der Waals surface area contributed by atoms with E-state index in [9.17, 15) is 14.4 Å². The zero-order valence-electron chi connectivity index (χ0n) is 16.5. The van der Waals surface area contributed by atoms with Crippen LogP contribution in [0.1, 0.15) is 36.6 Å². The van der Waals surface area contributed by atoms with Gasteiger partial charge in [0.05, 0.1) is 37.2 Å². The number of hydrogen-bond acceptors (Lipinski definition) is 8. The molecule has 0 bridgehead atoms. The average molecular weight is 438 g/mol. The summed E-state index contributed by atoms with van der Waals surface area (Å²) in [4.78, 5) is 41.2. The lowest BCUT2D eigenvalue weighted by atomic mass is 9.70. The van der Waals surface area contributed by atoms with E-state index in [-0.39, 0.29) is 24.5 Å². The summed E-state index contributed by atoms with van der Waals surface area (Å²) in [6, 6.07) is 7.30. The number of thiazole rings is 1. The Morgan fingerprint density at radius 2 is 1.86 bits per heavy atom. The summed E-state index contributed by atoms with van der Waals surface area (Å²) in [5, 5.41) is 0.726. The molecule has 1 aromatic carbocycles. The minimum atomic E-state index is -1.18. The van der Waals surface area contributed by atoms with Crippen molar-refractivity contribution in [2.45, 2.75) is 31.2 Å². The van der Waals surface area contributed by atoms with Gasteiger partial charge in [0.2, 0.25) is 0 Å². The van der Waals surface area contributed by atoms with Gasteiger partial charge >= 0.3 is 16.8 Å². The average Bonchev–Trinajstić information content (AvgIpc) is 3.08. The second-order valence-electron chi connectivity index (χ2n) is 6.56. The van der Waals surface area contributed by atoms with Crippen LogP contribution in [0.15, 0.2) is 34.1 Å². The van der Waals surface area contributed by atoms with Crippen LogP contribution in [-0.2, 0) is 19.1 Å². The Balaban J connectivity index is 2.17. The minimum absolute atomic E-state index is 0.130. The molecule has 3 rings (SSSR count). The zero-order chi connectivity index (χ0) is 21.0. The predicted molar refractivity (Wildman–Crippen MR) is 111 cm³/mol. The summed E-state index contributed by atoms with van der Waals surface area (Å²) in [5.74, 6) is -0.481. The van der Waals surface area contributed by atoms with Crippen LogP contribution in [0.3, 0.4) is 0 Å². The quantitative estimate of drug-likeness (QED) is 0.665. The highest BCUT2D eigenvalue weighted by Crippen LogP contribution is 2.54. The van der Waals surface area contributed by atoms with Crippen molar-refractivity contribution >= 4 is 35.0 Å². The summed E-state index contributed by atoms with van der Waals surface area (Å²) in [6.45, 7) is 3.87. The lowest BCUT2D eigenvalue weighted by molar-refractivity contribution is -0.162. The number of esters is 2. The minimum Gasteiger partial charge on any atom is -0.497 e. The van der Waals surface area contributed by atoms with E-state index >= 15 is 0 Å². The number of ether oxygens (including phenoxy) is 3. The molecule has 1 aromatic heterocycles. The van der Waals surface area contributed by atoms with Gasteiger partial charge in [-0.2, -0.15) is 0 Å². The van der Waals surface area contributed by atoms with Gasteiger partial charge in [-0.05, 0) is 31.5 Å². The van der Waals surface area contributed by atoms with Gasteiger partial charge in [-0.1, -0.05) is 23.5 Å². The number of benzene rings is 1. The van der Waals surface area contributed by atoms with Crippen molar-refractivity contribution in [3.63, 3.8) is 0 Å². The van der Waals surface area contributed by atoms with Crippen molar-refractivity contribution in [3.8, 4) is 5.75 Å². The fraction of sp³-hybridized carbons (Fsp3) is 0.450. The van der Waals surface area contributed by atoms with Gasteiger partial charge in [-0.3, -0.25) is 14.4 Å². The molecule has 9 heteroatoms. The summed E-state index contributed by atoms with van der Waals surface area (Å²) < 4.78 is 15.8. The predicted octanol–water partition coefficient (Wildman–Crippen LogP) is 3.19. The highest BCUT2D eigenvalue weighted by atomic mass is 32.2. The molecule has 0 saturated carbocycles. The third kappa shape index (κ3) is 4.20. The second-order valence-corrected chi connectivity index (χ2v) is 8.56. The molecule has 0 aliphatic carbocycles. The first-order valence-electron chi connectivity index (χ1n) is 9.27. The van der Waals surface area contributed by atoms with E-state index in [0.29, 0.717) is 11.5 Å². The van der Waals surface area contributed by atoms with Gasteiger partial charge < -0.3 is 19.2 Å². The summed E-state index contributed by atoms with van der Waals surface area (Å²) >= 11 is 2.42. The Labute approximate surface area is 176 Å². The van der Waals surface area contributed by atoms with Crippen molar-refractivity contribution in [3.05, 3.63) is 44.4 Å². The van der Waals surface area contributed by atoms with E-state index in [1.54, 1.807) is 33.1 Å². The number of aromatic amines is 1. The van der Waals surface area contributed by atoms with Gasteiger partial charge in [-0.25, -0.2) is 0 Å². The maximum Gasteiger partial charge on any atom is 0.314 e. The van der Waals surface area contributed by atoms with Crippen molar-refractivity contribution in [2.24, 2.45) is 5.41 Å². The van der Waals surface area contributed by atoms with E-state index in [4.69, 9.17) is 14.2 Å². The first kappa shape index (κ1) is 21.4. The second kappa shape index (κ2) is 9.04. The number of rotatable bonds is 7. The molecular weight excluding hydrogens is 414 g/mol. The molecule has 0 fully saturated rings. The molecule has 0 spiro atoms. The van der Waals surface area contributed by atoms with Gasteiger partial charge in [-0.15, -0.1) is 11.8 Å². The smallest absolute Gasteiger partial charge is 0.314 e. The van der Waals surface area contributed by atoms with Gasteiger partial charge in [0.1, 0.15) is 5.75 Å². The highest BCUT2D eigenvalue weighted by molar-refractivity contribution is 7.99. The highest BCUT2D eigenvalue weighted by Gasteiger charge is 2.54.